The second-order valence-electron chi connectivity index (χ2n) is 3.73. The van der Waals surface area contributed by atoms with Crippen LogP contribution in [-0.4, -0.2) is 12.3 Å². The van der Waals surface area contributed by atoms with Crippen molar-refractivity contribution in [2.75, 3.05) is 16.9 Å². The second kappa shape index (κ2) is 6.10. The number of thioether (sulfide) groups is 1. The fraction of sp³-hybridized carbons (Fsp3) is 0.0769. The number of benzene rings is 1. The van der Waals surface area contributed by atoms with Gasteiger partial charge >= 0.3 is 6.03 Å². The standard InChI is InChI=1S/C13H13N3O2S/c1-19-12-9-11(7-8-16(12)18)15-13(17)14-10-5-3-2-4-6-10/h2-9H,1H3,(H2,14,15,17). The number of amides is 2. The highest BCUT2D eigenvalue weighted by atomic mass is 32.2. The number of rotatable bonds is 3. The quantitative estimate of drug-likeness (QED) is 0.514. The van der Waals surface area contributed by atoms with Crippen molar-refractivity contribution in [2.24, 2.45) is 0 Å². The predicted octanol–water partition coefficient (Wildman–Crippen LogP) is 2.69. The van der Waals surface area contributed by atoms with Gasteiger partial charge in [0.25, 0.3) is 5.03 Å². The summed E-state index contributed by atoms with van der Waals surface area (Å²) in [6.07, 6.45) is 3.17. The molecular formula is C13H13N3O2S. The number of urea groups is 1. The average molecular weight is 275 g/mol. The highest BCUT2D eigenvalue weighted by Gasteiger charge is 2.08. The zero-order valence-corrected chi connectivity index (χ0v) is 11.1. The summed E-state index contributed by atoms with van der Waals surface area (Å²) in [5, 5.41) is 17.2. The molecule has 0 bridgehead atoms. The molecule has 0 atom stereocenters. The van der Waals surface area contributed by atoms with Crippen molar-refractivity contribution in [1.29, 1.82) is 0 Å². The molecule has 1 heterocycles. The molecule has 1 aromatic carbocycles. The lowest BCUT2D eigenvalue weighted by molar-refractivity contribution is -0.645. The summed E-state index contributed by atoms with van der Waals surface area (Å²) in [6.45, 7) is 0. The van der Waals surface area contributed by atoms with E-state index in [1.54, 1.807) is 30.5 Å². The molecule has 2 aromatic rings. The first-order valence-electron chi connectivity index (χ1n) is 5.59. The molecule has 0 saturated carbocycles. The van der Waals surface area contributed by atoms with Crippen LogP contribution in [0.2, 0.25) is 0 Å². The topological polar surface area (TPSA) is 68.1 Å². The van der Waals surface area contributed by atoms with Gasteiger partial charge in [0.15, 0.2) is 6.20 Å². The largest absolute Gasteiger partial charge is 0.618 e. The average Bonchev–Trinajstić information content (AvgIpc) is 2.42. The van der Waals surface area contributed by atoms with E-state index in [1.165, 1.54) is 18.0 Å². The second-order valence-corrected chi connectivity index (χ2v) is 4.56. The fourth-order valence-corrected chi connectivity index (χ4v) is 1.99. The maximum absolute atomic E-state index is 11.8. The number of aromatic nitrogens is 1. The SMILES string of the molecule is CSc1cc(NC(=O)Nc2ccccc2)cc[n+]1[O-]. The van der Waals surface area contributed by atoms with E-state index in [2.05, 4.69) is 10.6 Å². The van der Waals surface area contributed by atoms with Crippen LogP contribution in [0.4, 0.5) is 16.2 Å². The van der Waals surface area contributed by atoms with Crippen LogP contribution in [0, 0.1) is 5.21 Å². The number of carbonyl (C=O) groups is 1. The Morgan fingerprint density at radius 3 is 2.53 bits per heavy atom. The Labute approximate surface area is 115 Å². The molecule has 0 aliphatic rings. The Morgan fingerprint density at radius 1 is 1.16 bits per heavy atom. The number of hydrogen-bond acceptors (Lipinski definition) is 3. The van der Waals surface area contributed by atoms with E-state index in [4.69, 9.17) is 0 Å². The lowest BCUT2D eigenvalue weighted by atomic mass is 10.3. The van der Waals surface area contributed by atoms with Crippen molar-refractivity contribution in [1.82, 2.24) is 0 Å². The third kappa shape index (κ3) is 3.62. The molecule has 5 nitrogen and oxygen atoms in total. The molecule has 6 heteroatoms. The van der Waals surface area contributed by atoms with Gasteiger partial charge in [-0.1, -0.05) is 30.0 Å². The molecule has 1 aromatic heterocycles. The molecule has 0 fully saturated rings. The van der Waals surface area contributed by atoms with Crippen LogP contribution in [0.25, 0.3) is 0 Å². The van der Waals surface area contributed by atoms with Gasteiger partial charge in [0.1, 0.15) is 0 Å². The van der Waals surface area contributed by atoms with Crippen molar-refractivity contribution in [3.63, 3.8) is 0 Å². The van der Waals surface area contributed by atoms with E-state index >= 15 is 0 Å². The molecule has 0 spiro atoms. The molecule has 2 amide bonds. The van der Waals surface area contributed by atoms with Crippen molar-refractivity contribution < 1.29 is 9.52 Å². The third-order valence-corrected chi connectivity index (χ3v) is 3.10. The van der Waals surface area contributed by atoms with Crippen molar-refractivity contribution in [2.45, 2.75) is 5.03 Å². The number of nitrogens with one attached hydrogen (secondary N) is 2. The molecule has 0 aliphatic heterocycles. The van der Waals surface area contributed by atoms with Crippen molar-refractivity contribution in [3.05, 3.63) is 53.9 Å². The highest BCUT2D eigenvalue weighted by Crippen LogP contribution is 2.15. The van der Waals surface area contributed by atoms with E-state index in [1.807, 2.05) is 18.2 Å². The lowest BCUT2D eigenvalue weighted by Crippen LogP contribution is -2.28. The van der Waals surface area contributed by atoms with E-state index < -0.39 is 0 Å². The normalized spacial score (nSPS) is 9.95. The number of pyridine rings is 1. The lowest BCUT2D eigenvalue weighted by Gasteiger charge is -2.08. The zero-order valence-electron chi connectivity index (χ0n) is 10.3. The minimum Gasteiger partial charge on any atom is -0.618 e. The summed E-state index contributed by atoms with van der Waals surface area (Å²) in [5.41, 5.74) is 1.28. The Hall–Kier alpha value is -2.21. The number of anilines is 2. The monoisotopic (exact) mass is 275 g/mol. The van der Waals surface area contributed by atoms with Crippen molar-refractivity contribution in [3.8, 4) is 0 Å². The third-order valence-electron chi connectivity index (χ3n) is 2.38. The fourth-order valence-electron chi connectivity index (χ4n) is 1.51. The van der Waals surface area contributed by atoms with Gasteiger partial charge in [-0.2, -0.15) is 4.73 Å². The smallest absolute Gasteiger partial charge is 0.323 e. The van der Waals surface area contributed by atoms with Crippen LogP contribution in [0.15, 0.2) is 53.7 Å². The first-order valence-corrected chi connectivity index (χ1v) is 6.82. The Balaban J connectivity index is 2.03. The minimum atomic E-state index is -0.345. The first-order chi connectivity index (χ1) is 9.19. The summed E-state index contributed by atoms with van der Waals surface area (Å²) in [7, 11) is 0. The molecule has 19 heavy (non-hydrogen) atoms. The first kappa shape index (κ1) is 13.2. The molecule has 2 N–H and O–H groups in total. The van der Waals surface area contributed by atoms with Gasteiger partial charge in [0, 0.05) is 17.8 Å². The van der Waals surface area contributed by atoms with Gasteiger partial charge in [0.05, 0.1) is 5.69 Å². The molecule has 2 rings (SSSR count). The molecule has 0 saturated heterocycles. The summed E-state index contributed by atoms with van der Waals surface area (Å²) in [6, 6.07) is 12.0. The van der Waals surface area contributed by atoms with Crippen LogP contribution in [0.3, 0.4) is 0 Å². The van der Waals surface area contributed by atoms with E-state index in [-0.39, 0.29) is 6.03 Å². The predicted molar refractivity (Wildman–Crippen MR) is 76.3 cm³/mol. The van der Waals surface area contributed by atoms with E-state index in [0.29, 0.717) is 16.4 Å². The number of carbonyl (C=O) groups excluding carboxylic acids is 1. The minimum absolute atomic E-state index is 0.345. The molecule has 0 radical (unpaired) electrons. The molecule has 0 unspecified atom stereocenters. The summed E-state index contributed by atoms with van der Waals surface area (Å²) < 4.78 is 0.755. The van der Waals surface area contributed by atoms with Crippen LogP contribution in [0.5, 0.6) is 0 Å². The van der Waals surface area contributed by atoms with E-state index in [0.717, 1.165) is 4.73 Å². The zero-order chi connectivity index (χ0) is 13.7. The van der Waals surface area contributed by atoms with Crippen molar-refractivity contribution >= 4 is 29.2 Å². The van der Waals surface area contributed by atoms with Gasteiger partial charge in [-0.25, -0.2) is 4.79 Å². The Bertz CT molecular complexity index is 575. The highest BCUT2D eigenvalue weighted by molar-refractivity contribution is 7.98. The van der Waals surface area contributed by atoms with Crippen LogP contribution in [0.1, 0.15) is 0 Å². The number of para-hydroxylation sites is 1. The van der Waals surface area contributed by atoms with Crippen LogP contribution < -0.4 is 15.4 Å². The Kier molecular flexibility index (Phi) is 4.25. The molecular weight excluding hydrogens is 262 g/mol. The van der Waals surface area contributed by atoms with Crippen LogP contribution >= 0.6 is 11.8 Å². The van der Waals surface area contributed by atoms with Crippen LogP contribution in [-0.2, 0) is 0 Å². The number of nitrogens with zero attached hydrogens (tertiary/aromatic N) is 1. The summed E-state index contributed by atoms with van der Waals surface area (Å²) in [4.78, 5) is 11.8. The van der Waals surface area contributed by atoms with Gasteiger partial charge in [0.2, 0.25) is 0 Å². The van der Waals surface area contributed by atoms with E-state index in [9.17, 15) is 10.0 Å². The summed E-state index contributed by atoms with van der Waals surface area (Å²) >= 11 is 1.32. The Morgan fingerprint density at radius 2 is 1.84 bits per heavy atom. The maximum Gasteiger partial charge on any atom is 0.323 e. The van der Waals surface area contributed by atoms with Gasteiger partial charge in [-0.05, 0) is 18.4 Å². The molecule has 98 valence electrons. The molecule has 0 aliphatic carbocycles. The van der Waals surface area contributed by atoms with Gasteiger partial charge < -0.3 is 15.8 Å². The number of hydrogen-bond donors (Lipinski definition) is 2. The summed E-state index contributed by atoms with van der Waals surface area (Å²) in [5.74, 6) is 0. The van der Waals surface area contributed by atoms with Gasteiger partial charge in [-0.3, -0.25) is 0 Å². The maximum atomic E-state index is 11.8. The van der Waals surface area contributed by atoms with Gasteiger partial charge in [-0.15, -0.1) is 0 Å².